The lowest BCUT2D eigenvalue weighted by Crippen LogP contribution is -2.36. The number of carbonyl (C=O) groups excluding carboxylic acids is 2. The van der Waals surface area contributed by atoms with Crippen molar-refractivity contribution in [2.75, 3.05) is 41.8 Å². The van der Waals surface area contributed by atoms with Gasteiger partial charge in [-0.2, -0.15) is 0 Å². The number of amides is 2. The fourth-order valence-electron chi connectivity index (χ4n) is 3.31. The fourth-order valence-corrected chi connectivity index (χ4v) is 3.31. The summed E-state index contributed by atoms with van der Waals surface area (Å²) in [6, 6.07) is 15.3. The topological polar surface area (TPSA) is 70.7 Å². The van der Waals surface area contributed by atoms with Gasteiger partial charge in [-0.3, -0.25) is 9.59 Å². The highest BCUT2D eigenvalue weighted by atomic mass is 16.5. The summed E-state index contributed by atoms with van der Waals surface area (Å²) >= 11 is 0. The van der Waals surface area contributed by atoms with Crippen molar-refractivity contribution in [2.24, 2.45) is 0 Å². The minimum atomic E-state index is -0.333. The van der Waals surface area contributed by atoms with Crippen molar-refractivity contribution >= 4 is 28.9 Å². The number of para-hydroxylation sites is 3. The zero-order valence-corrected chi connectivity index (χ0v) is 16.4. The number of benzene rings is 2. The molecule has 2 aromatic rings. The minimum absolute atomic E-state index is 0.232. The molecule has 0 bridgehead atoms. The Morgan fingerprint density at radius 2 is 1.50 bits per heavy atom. The number of ether oxygens (including phenoxy) is 1. The van der Waals surface area contributed by atoms with Gasteiger partial charge in [-0.05, 0) is 29.7 Å². The van der Waals surface area contributed by atoms with E-state index in [1.807, 2.05) is 48.5 Å². The molecule has 0 unspecified atom stereocenters. The number of hydrogen-bond donors (Lipinski definition) is 2. The maximum absolute atomic E-state index is 12.5. The Balaban J connectivity index is 1.62. The summed E-state index contributed by atoms with van der Waals surface area (Å²) in [7, 11) is 0. The molecular formula is C22H27N3O3. The Morgan fingerprint density at radius 3 is 2.18 bits per heavy atom. The second kappa shape index (κ2) is 9.37. The molecule has 1 aliphatic heterocycles. The van der Waals surface area contributed by atoms with Gasteiger partial charge in [-0.15, -0.1) is 0 Å². The molecule has 1 saturated heterocycles. The highest BCUT2D eigenvalue weighted by Crippen LogP contribution is 2.27. The molecule has 0 spiro atoms. The number of morpholine rings is 1. The van der Waals surface area contributed by atoms with Gasteiger partial charge in [0.15, 0.2) is 0 Å². The van der Waals surface area contributed by atoms with E-state index < -0.39 is 0 Å². The first-order chi connectivity index (χ1) is 13.5. The molecule has 0 atom stereocenters. The Morgan fingerprint density at radius 1 is 0.929 bits per heavy atom. The Labute approximate surface area is 165 Å². The van der Waals surface area contributed by atoms with E-state index in [9.17, 15) is 9.59 Å². The Hall–Kier alpha value is -2.86. The van der Waals surface area contributed by atoms with Gasteiger partial charge in [-0.25, -0.2) is 0 Å². The zero-order chi connectivity index (χ0) is 19.9. The summed E-state index contributed by atoms with van der Waals surface area (Å²) in [5, 5.41) is 5.74. The third-order valence-corrected chi connectivity index (χ3v) is 4.71. The molecule has 0 aliphatic carbocycles. The van der Waals surface area contributed by atoms with Crippen molar-refractivity contribution in [3.05, 3.63) is 54.1 Å². The molecule has 6 heteroatoms. The fraction of sp³-hybridized carbons (Fsp3) is 0.364. The number of rotatable bonds is 6. The molecule has 6 nitrogen and oxygen atoms in total. The van der Waals surface area contributed by atoms with Crippen LogP contribution >= 0.6 is 0 Å². The van der Waals surface area contributed by atoms with Crippen molar-refractivity contribution in [1.82, 2.24) is 0 Å². The van der Waals surface area contributed by atoms with Crippen LogP contribution < -0.4 is 15.5 Å². The summed E-state index contributed by atoms with van der Waals surface area (Å²) < 4.78 is 5.40. The zero-order valence-electron chi connectivity index (χ0n) is 16.4. The van der Waals surface area contributed by atoms with Gasteiger partial charge in [0.2, 0.25) is 11.8 Å². The van der Waals surface area contributed by atoms with Gasteiger partial charge in [0.25, 0.3) is 0 Å². The number of nitrogens with one attached hydrogen (secondary N) is 2. The average Bonchev–Trinajstić information content (AvgIpc) is 2.69. The lowest BCUT2D eigenvalue weighted by Gasteiger charge is -2.30. The second-order valence-corrected chi connectivity index (χ2v) is 7.13. The standard InChI is InChI=1S/C22H27N3O3/c1-16(2)17-7-3-4-8-18(17)23-21(26)15-22(27)24-19-9-5-6-10-20(19)25-11-13-28-14-12-25/h3-10,16H,11-15H2,1-2H3,(H,23,26)(H,24,27). The van der Waals surface area contributed by atoms with Crippen LogP contribution in [0.15, 0.2) is 48.5 Å². The van der Waals surface area contributed by atoms with E-state index in [-0.39, 0.29) is 24.2 Å². The SMILES string of the molecule is CC(C)c1ccccc1NC(=O)CC(=O)Nc1ccccc1N1CCOCC1. The van der Waals surface area contributed by atoms with Crippen LogP contribution in [0.5, 0.6) is 0 Å². The van der Waals surface area contributed by atoms with E-state index in [1.165, 1.54) is 0 Å². The van der Waals surface area contributed by atoms with Crippen LogP contribution in [-0.2, 0) is 14.3 Å². The van der Waals surface area contributed by atoms with Crippen LogP contribution in [0, 0.1) is 0 Å². The van der Waals surface area contributed by atoms with Crippen molar-refractivity contribution in [2.45, 2.75) is 26.2 Å². The third kappa shape index (κ3) is 5.10. The number of nitrogens with zero attached hydrogens (tertiary/aromatic N) is 1. The van der Waals surface area contributed by atoms with Crippen molar-refractivity contribution in [1.29, 1.82) is 0 Å². The Kier molecular flexibility index (Phi) is 6.66. The monoisotopic (exact) mass is 381 g/mol. The molecule has 0 aromatic heterocycles. The highest BCUT2D eigenvalue weighted by Gasteiger charge is 2.17. The van der Waals surface area contributed by atoms with Gasteiger partial charge < -0.3 is 20.3 Å². The van der Waals surface area contributed by atoms with Gasteiger partial charge in [0.05, 0.1) is 24.6 Å². The van der Waals surface area contributed by atoms with E-state index in [2.05, 4.69) is 29.4 Å². The predicted octanol–water partition coefficient (Wildman–Crippen LogP) is 3.61. The average molecular weight is 381 g/mol. The van der Waals surface area contributed by atoms with E-state index >= 15 is 0 Å². The first-order valence-corrected chi connectivity index (χ1v) is 9.65. The molecule has 2 aromatic carbocycles. The van der Waals surface area contributed by atoms with Crippen molar-refractivity contribution < 1.29 is 14.3 Å². The summed E-state index contributed by atoms with van der Waals surface area (Å²) in [5.41, 5.74) is 3.47. The molecule has 1 aliphatic rings. The van der Waals surface area contributed by atoms with Crippen molar-refractivity contribution in [3.63, 3.8) is 0 Å². The van der Waals surface area contributed by atoms with Crippen LogP contribution in [0.2, 0.25) is 0 Å². The maximum Gasteiger partial charge on any atom is 0.233 e. The van der Waals surface area contributed by atoms with Crippen LogP contribution in [0.1, 0.15) is 31.7 Å². The quantitative estimate of drug-likeness (QED) is 0.750. The number of anilines is 3. The van der Waals surface area contributed by atoms with Gasteiger partial charge in [-0.1, -0.05) is 44.2 Å². The third-order valence-electron chi connectivity index (χ3n) is 4.71. The largest absolute Gasteiger partial charge is 0.378 e. The summed E-state index contributed by atoms with van der Waals surface area (Å²) in [6.45, 7) is 7.03. The first kappa shape index (κ1) is 19.9. The molecular weight excluding hydrogens is 354 g/mol. The summed E-state index contributed by atoms with van der Waals surface area (Å²) in [6.07, 6.45) is -0.232. The minimum Gasteiger partial charge on any atom is -0.378 e. The number of carbonyl (C=O) groups is 2. The van der Waals surface area contributed by atoms with E-state index in [0.29, 0.717) is 18.9 Å². The van der Waals surface area contributed by atoms with Crippen molar-refractivity contribution in [3.8, 4) is 0 Å². The second-order valence-electron chi connectivity index (χ2n) is 7.13. The van der Waals surface area contributed by atoms with E-state index in [1.54, 1.807) is 0 Å². The predicted molar refractivity (Wildman–Crippen MR) is 112 cm³/mol. The molecule has 148 valence electrons. The molecule has 1 heterocycles. The summed E-state index contributed by atoms with van der Waals surface area (Å²) in [5.74, 6) is -0.375. The van der Waals surface area contributed by atoms with Crippen LogP contribution in [0.4, 0.5) is 17.1 Å². The first-order valence-electron chi connectivity index (χ1n) is 9.65. The molecule has 0 saturated carbocycles. The van der Waals surface area contributed by atoms with Gasteiger partial charge in [0, 0.05) is 18.8 Å². The lowest BCUT2D eigenvalue weighted by atomic mass is 10.0. The lowest BCUT2D eigenvalue weighted by molar-refractivity contribution is -0.123. The molecule has 2 amide bonds. The molecule has 1 fully saturated rings. The Bertz CT molecular complexity index is 829. The molecule has 2 N–H and O–H groups in total. The highest BCUT2D eigenvalue weighted by molar-refractivity contribution is 6.09. The van der Waals surface area contributed by atoms with Crippen LogP contribution in [0.25, 0.3) is 0 Å². The maximum atomic E-state index is 12.5. The normalized spacial score (nSPS) is 14.0. The van der Waals surface area contributed by atoms with E-state index in [0.717, 1.165) is 30.0 Å². The molecule has 3 rings (SSSR count). The van der Waals surface area contributed by atoms with Gasteiger partial charge in [0.1, 0.15) is 6.42 Å². The van der Waals surface area contributed by atoms with Crippen LogP contribution in [-0.4, -0.2) is 38.1 Å². The molecule has 0 radical (unpaired) electrons. The van der Waals surface area contributed by atoms with E-state index in [4.69, 9.17) is 4.74 Å². The smallest absolute Gasteiger partial charge is 0.233 e. The van der Waals surface area contributed by atoms with Crippen LogP contribution in [0.3, 0.4) is 0 Å². The van der Waals surface area contributed by atoms with Gasteiger partial charge >= 0.3 is 0 Å². The number of hydrogen-bond acceptors (Lipinski definition) is 4. The molecule has 28 heavy (non-hydrogen) atoms. The summed E-state index contributed by atoms with van der Waals surface area (Å²) in [4.78, 5) is 27.0.